The highest BCUT2D eigenvalue weighted by Gasteiger charge is 2.43. The lowest BCUT2D eigenvalue weighted by Crippen LogP contribution is -2.45. The van der Waals surface area contributed by atoms with E-state index in [2.05, 4.69) is 10.3 Å². The Labute approximate surface area is 158 Å². The molecule has 0 saturated heterocycles. The van der Waals surface area contributed by atoms with Gasteiger partial charge in [-0.15, -0.1) is 0 Å². The molecule has 1 aromatic heterocycles. The smallest absolute Gasteiger partial charge is 0.322 e. The number of benzene rings is 1. The first-order chi connectivity index (χ1) is 13.4. The van der Waals surface area contributed by atoms with Gasteiger partial charge in [-0.3, -0.25) is 14.7 Å². The summed E-state index contributed by atoms with van der Waals surface area (Å²) in [6, 6.07) is 2.82. The third-order valence-corrected chi connectivity index (χ3v) is 4.91. The second kappa shape index (κ2) is 6.66. The molecule has 1 N–H and O–H groups in total. The van der Waals surface area contributed by atoms with Crippen molar-refractivity contribution < 1.29 is 22.8 Å². The van der Waals surface area contributed by atoms with Gasteiger partial charge in [0.05, 0.1) is 23.9 Å². The van der Waals surface area contributed by atoms with Crippen LogP contribution in [0.1, 0.15) is 17.2 Å². The molecule has 0 spiro atoms. The number of nitrogens with one attached hydrogen (secondary N) is 1. The summed E-state index contributed by atoms with van der Waals surface area (Å²) < 4.78 is 41.4. The summed E-state index contributed by atoms with van der Waals surface area (Å²) in [5.41, 5.74) is 1.07. The molecule has 9 heteroatoms. The number of pyridine rings is 1. The van der Waals surface area contributed by atoms with Gasteiger partial charge >= 0.3 is 6.03 Å². The number of rotatable bonds is 3. The molecule has 4 rings (SSSR count). The molecule has 6 nitrogen and oxygen atoms in total. The molecule has 2 aliphatic heterocycles. The van der Waals surface area contributed by atoms with Gasteiger partial charge in [0.2, 0.25) is 0 Å². The third kappa shape index (κ3) is 2.88. The highest BCUT2D eigenvalue weighted by molar-refractivity contribution is 6.01. The number of carbonyl (C=O) groups excluding carboxylic acids is 2. The minimum absolute atomic E-state index is 0.140. The van der Waals surface area contributed by atoms with E-state index in [1.165, 1.54) is 16.8 Å². The van der Waals surface area contributed by atoms with Crippen LogP contribution in [0.25, 0.3) is 0 Å². The van der Waals surface area contributed by atoms with Crippen molar-refractivity contribution >= 4 is 11.9 Å². The van der Waals surface area contributed by atoms with Gasteiger partial charge in [-0.2, -0.15) is 0 Å². The van der Waals surface area contributed by atoms with Crippen molar-refractivity contribution in [3.05, 3.63) is 76.5 Å². The van der Waals surface area contributed by atoms with E-state index in [4.69, 9.17) is 0 Å². The maximum Gasteiger partial charge on any atom is 0.322 e. The zero-order chi connectivity index (χ0) is 20.0. The van der Waals surface area contributed by atoms with E-state index >= 15 is 0 Å². The first-order valence-electron chi connectivity index (χ1n) is 8.46. The van der Waals surface area contributed by atoms with E-state index in [9.17, 15) is 22.8 Å². The molecule has 0 bridgehead atoms. The van der Waals surface area contributed by atoms with Gasteiger partial charge in [0.1, 0.15) is 5.82 Å². The largest absolute Gasteiger partial charge is 0.329 e. The number of hydrogen-bond acceptors (Lipinski definition) is 3. The lowest BCUT2D eigenvalue weighted by atomic mass is 9.95. The molecule has 0 aliphatic carbocycles. The number of likely N-dealkylation sites (N-methyl/N-ethyl adjacent to an activating group) is 1. The van der Waals surface area contributed by atoms with Gasteiger partial charge in [0, 0.05) is 37.6 Å². The first-order valence-corrected chi connectivity index (χ1v) is 8.46. The molecule has 144 valence electrons. The quantitative estimate of drug-likeness (QED) is 0.822. The van der Waals surface area contributed by atoms with Gasteiger partial charge in [-0.05, 0) is 23.8 Å². The molecule has 3 amide bonds. The fourth-order valence-corrected chi connectivity index (χ4v) is 3.45. The summed E-state index contributed by atoms with van der Waals surface area (Å²) in [5.74, 6) is -4.05. The molecule has 0 saturated carbocycles. The topological polar surface area (TPSA) is 65.5 Å². The van der Waals surface area contributed by atoms with E-state index in [-0.39, 0.29) is 24.2 Å². The van der Waals surface area contributed by atoms with Crippen LogP contribution in [0.4, 0.5) is 18.0 Å². The molecular formula is C19H15F3N4O2. The lowest BCUT2D eigenvalue weighted by Gasteiger charge is -2.31. The lowest BCUT2D eigenvalue weighted by molar-refractivity contribution is -0.126. The monoisotopic (exact) mass is 388 g/mol. The second-order valence-corrected chi connectivity index (χ2v) is 6.61. The minimum Gasteiger partial charge on any atom is -0.329 e. The Morgan fingerprint density at radius 2 is 1.79 bits per heavy atom. The van der Waals surface area contributed by atoms with Crippen LogP contribution in [0.3, 0.4) is 0 Å². The number of hydrogen-bond donors (Lipinski definition) is 1. The van der Waals surface area contributed by atoms with Crippen LogP contribution in [0, 0.1) is 17.5 Å². The summed E-state index contributed by atoms with van der Waals surface area (Å²) in [5, 5.41) is 2.50. The fourth-order valence-electron chi connectivity index (χ4n) is 3.45. The predicted molar refractivity (Wildman–Crippen MR) is 92.0 cm³/mol. The van der Waals surface area contributed by atoms with Crippen molar-refractivity contribution in [2.75, 3.05) is 13.6 Å². The Balaban J connectivity index is 1.73. The summed E-state index contributed by atoms with van der Waals surface area (Å²) in [7, 11) is 1.49. The van der Waals surface area contributed by atoms with E-state index in [1.54, 1.807) is 24.5 Å². The third-order valence-electron chi connectivity index (χ3n) is 4.91. The van der Waals surface area contributed by atoms with E-state index in [0.717, 1.165) is 5.56 Å². The molecule has 1 unspecified atom stereocenters. The predicted octanol–water partition coefficient (Wildman–Crippen LogP) is 2.49. The van der Waals surface area contributed by atoms with Crippen molar-refractivity contribution in [1.82, 2.24) is 20.1 Å². The highest BCUT2D eigenvalue weighted by atomic mass is 19.2. The van der Waals surface area contributed by atoms with E-state index in [0.29, 0.717) is 17.8 Å². The second-order valence-electron chi connectivity index (χ2n) is 6.61. The Bertz CT molecular complexity index is 1010. The van der Waals surface area contributed by atoms with E-state index in [1.807, 2.05) is 0 Å². The minimum atomic E-state index is -1.34. The standard InChI is InChI=1S/C19H15F3N4O2/c1-25-15-9-26(8-10-2-4-23-5-3-10)18(27)16(15)17(24-19(25)28)11-6-13(21)14(22)7-12(11)20/h2-7,17H,8-9H2,1H3,(H,24,28). The molecule has 2 aliphatic rings. The van der Waals surface area contributed by atoms with Crippen LogP contribution in [0.5, 0.6) is 0 Å². The molecule has 1 aromatic carbocycles. The van der Waals surface area contributed by atoms with Gasteiger partial charge < -0.3 is 10.2 Å². The van der Waals surface area contributed by atoms with Crippen molar-refractivity contribution in [2.24, 2.45) is 0 Å². The zero-order valence-corrected chi connectivity index (χ0v) is 14.7. The number of carbonyl (C=O) groups is 2. The maximum atomic E-state index is 14.3. The molecule has 0 radical (unpaired) electrons. The Kier molecular flexibility index (Phi) is 4.29. The molecule has 28 heavy (non-hydrogen) atoms. The normalized spacial score (nSPS) is 19.2. The van der Waals surface area contributed by atoms with Crippen LogP contribution < -0.4 is 5.32 Å². The van der Waals surface area contributed by atoms with Crippen LogP contribution in [-0.4, -0.2) is 40.3 Å². The Hall–Kier alpha value is -3.36. The number of aromatic nitrogens is 1. The summed E-state index contributed by atoms with van der Waals surface area (Å²) in [6.07, 6.45) is 3.19. The summed E-state index contributed by atoms with van der Waals surface area (Å²) in [4.78, 5) is 32.0. The van der Waals surface area contributed by atoms with Crippen LogP contribution in [0.15, 0.2) is 47.9 Å². The van der Waals surface area contributed by atoms with Crippen LogP contribution >= 0.6 is 0 Å². The maximum absolute atomic E-state index is 14.3. The average Bonchev–Trinajstić information content (AvgIpc) is 2.99. The van der Waals surface area contributed by atoms with Gasteiger partial charge in [-0.25, -0.2) is 18.0 Å². The molecule has 1 atom stereocenters. The number of amides is 3. The van der Waals surface area contributed by atoms with Crippen molar-refractivity contribution in [3.63, 3.8) is 0 Å². The van der Waals surface area contributed by atoms with Crippen molar-refractivity contribution in [1.29, 1.82) is 0 Å². The average molecular weight is 388 g/mol. The van der Waals surface area contributed by atoms with Crippen molar-refractivity contribution in [3.8, 4) is 0 Å². The van der Waals surface area contributed by atoms with Gasteiger partial charge in [0.25, 0.3) is 5.91 Å². The summed E-state index contributed by atoms with van der Waals surface area (Å²) in [6.45, 7) is 0.408. The highest BCUT2D eigenvalue weighted by Crippen LogP contribution is 2.37. The van der Waals surface area contributed by atoms with Crippen LogP contribution in [-0.2, 0) is 11.3 Å². The Morgan fingerprint density at radius 3 is 2.50 bits per heavy atom. The number of urea groups is 1. The van der Waals surface area contributed by atoms with Crippen LogP contribution in [0.2, 0.25) is 0 Å². The number of nitrogens with zero attached hydrogens (tertiary/aromatic N) is 3. The first kappa shape index (κ1) is 18.0. The molecule has 2 aromatic rings. The number of halogens is 3. The van der Waals surface area contributed by atoms with Crippen molar-refractivity contribution in [2.45, 2.75) is 12.6 Å². The SMILES string of the molecule is CN1C(=O)NC(c2cc(F)c(F)cc2F)C2=C1CN(Cc1ccncc1)C2=O. The summed E-state index contributed by atoms with van der Waals surface area (Å²) >= 11 is 0. The Morgan fingerprint density at radius 1 is 1.11 bits per heavy atom. The van der Waals surface area contributed by atoms with E-state index < -0.39 is 35.4 Å². The molecule has 0 fully saturated rings. The fraction of sp³-hybridized carbons (Fsp3) is 0.211. The zero-order valence-electron chi connectivity index (χ0n) is 14.7. The van der Waals surface area contributed by atoms with Gasteiger partial charge in [-0.1, -0.05) is 0 Å². The van der Waals surface area contributed by atoms with Gasteiger partial charge in [0.15, 0.2) is 11.6 Å². The molecular weight excluding hydrogens is 373 g/mol. The molecule has 3 heterocycles.